The average molecular weight is 217 g/mol. The lowest BCUT2D eigenvalue weighted by atomic mass is 10.1. The lowest BCUT2D eigenvalue weighted by Gasteiger charge is -2.08. The molecule has 90 valence electrons. The predicted molar refractivity (Wildman–Crippen MR) is 59.1 cm³/mol. The van der Waals surface area contributed by atoms with Gasteiger partial charge in [0.1, 0.15) is 0 Å². The first-order valence-corrected chi connectivity index (χ1v) is 5.78. The van der Waals surface area contributed by atoms with Gasteiger partial charge in [0, 0.05) is 13.7 Å². The number of hydrogen-bond donors (Lipinski definition) is 1. The molecule has 4 heteroatoms. The molecule has 0 saturated carbocycles. The standard InChI is InChI=1S/C11H23NO3/c1-13-6-7-15-9-8-14-5-3-11-2-4-12-10-11/h11-12H,2-10H2,1H3. The highest BCUT2D eigenvalue weighted by Gasteiger charge is 2.13. The van der Waals surface area contributed by atoms with Gasteiger partial charge in [0.25, 0.3) is 0 Å². The number of nitrogens with one attached hydrogen (secondary N) is 1. The minimum Gasteiger partial charge on any atom is -0.382 e. The Hall–Kier alpha value is -0.160. The van der Waals surface area contributed by atoms with E-state index in [2.05, 4.69) is 5.32 Å². The van der Waals surface area contributed by atoms with E-state index in [4.69, 9.17) is 14.2 Å². The second-order valence-electron chi connectivity index (χ2n) is 3.87. The van der Waals surface area contributed by atoms with Crippen molar-refractivity contribution < 1.29 is 14.2 Å². The van der Waals surface area contributed by atoms with Crippen molar-refractivity contribution in [3.8, 4) is 0 Å². The van der Waals surface area contributed by atoms with Crippen LogP contribution in [0, 0.1) is 5.92 Å². The Morgan fingerprint density at radius 1 is 1.07 bits per heavy atom. The lowest BCUT2D eigenvalue weighted by molar-refractivity contribution is 0.0222. The quantitative estimate of drug-likeness (QED) is 0.576. The zero-order valence-electron chi connectivity index (χ0n) is 9.67. The molecule has 1 aliphatic heterocycles. The highest BCUT2D eigenvalue weighted by atomic mass is 16.5. The number of hydrogen-bond acceptors (Lipinski definition) is 4. The van der Waals surface area contributed by atoms with Crippen LogP contribution in [0.1, 0.15) is 12.8 Å². The normalized spacial score (nSPS) is 21.0. The Morgan fingerprint density at radius 2 is 1.80 bits per heavy atom. The minimum atomic E-state index is 0.659. The van der Waals surface area contributed by atoms with Gasteiger partial charge < -0.3 is 19.5 Å². The molecular formula is C11H23NO3. The van der Waals surface area contributed by atoms with Crippen LogP contribution in [0.3, 0.4) is 0 Å². The highest BCUT2D eigenvalue weighted by Crippen LogP contribution is 2.11. The van der Waals surface area contributed by atoms with Crippen LogP contribution in [0.15, 0.2) is 0 Å². The van der Waals surface area contributed by atoms with Crippen molar-refractivity contribution in [2.45, 2.75) is 12.8 Å². The van der Waals surface area contributed by atoms with Gasteiger partial charge in [-0.25, -0.2) is 0 Å². The number of methoxy groups -OCH3 is 1. The zero-order valence-corrected chi connectivity index (χ0v) is 9.67. The Bertz CT molecular complexity index is 138. The highest BCUT2D eigenvalue weighted by molar-refractivity contribution is 4.70. The molecule has 0 aromatic heterocycles. The van der Waals surface area contributed by atoms with Crippen LogP contribution in [0.5, 0.6) is 0 Å². The Balaban J connectivity index is 1.73. The van der Waals surface area contributed by atoms with Gasteiger partial charge in [-0.05, 0) is 31.8 Å². The van der Waals surface area contributed by atoms with E-state index >= 15 is 0 Å². The maximum absolute atomic E-state index is 5.48. The summed E-state index contributed by atoms with van der Waals surface area (Å²) in [5.74, 6) is 0.819. The third kappa shape index (κ3) is 6.84. The van der Waals surface area contributed by atoms with E-state index in [9.17, 15) is 0 Å². The molecule has 4 nitrogen and oxygen atoms in total. The summed E-state index contributed by atoms with van der Waals surface area (Å²) in [5, 5.41) is 3.35. The third-order valence-electron chi connectivity index (χ3n) is 2.64. The van der Waals surface area contributed by atoms with Crippen LogP contribution in [0.2, 0.25) is 0 Å². The van der Waals surface area contributed by atoms with Gasteiger partial charge in [-0.3, -0.25) is 0 Å². The summed E-state index contributed by atoms with van der Waals surface area (Å²) in [6, 6.07) is 0. The van der Waals surface area contributed by atoms with E-state index in [-0.39, 0.29) is 0 Å². The van der Waals surface area contributed by atoms with Crippen molar-refractivity contribution >= 4 is 0 Å². The smallest absolute Gasteiger partial charge is 0.0701 e. The van der Waals surface area contributed by atoms with Gasteiger partial charge in [-0.15, -0.1) is 0 Å². The molecule has 0 spiro atoms. The molecule has 1 heterocycles. The monoisotopic (exact) mass is 217 g/mol. The molecule has 0 radical (unpaired) electrons. The SMILES string of the molecule is COCCOCCOCCC1CCNC1. The largest absolute Gasteiger partial charge is 0.382 e. The van der Waals surface area contributed by atoms with Crippen LogP contribution in [0.25, 0.3) is 0 Å². The van der Waals surface area contributed by atoms with E-state index in [0.717, 1.165) is 19.1 Å². The van der Waals surface area contributed by atoms with E-state index in [0.29, 0.717) is 26.4 Å². The zero-order chi connectivity index (χ0) is 10.8. The van der Waals surface area contributed by atoms with Gasteiger partial charge in [0.2, 0.25) is 0 Å². The van der Waals surface area contributed by atoms with E-state index in [1.54, 1.807) is 7.11 Å². The second-order valence-corrected chi connectivity index (χ2v) is 3.87. The maximum Gasteiger partial charge on any atom is 0.0701 e. The van der Waals surface area contributed by atoms with Crippen LogP contribution < -0.4 is 5.32 Å². The lowest BCUT2D eigenvalue weighted by Crippen LogP contribution is -2.12. The molecule has 1 saturated heterocycles. The average Bonchev–Trinajstić information content (AvgIpc) is 2.75. The summed E-state index contributed by atoms with van der Waals surface area (Å²) in [6.45, 7) is 5.88. The molecule has 1 rings (SSSR count). The summed E-state index contributed by atoms with van der Waals surface area (Å²) in [4.78, 5) is 0. The third-order valence-corrected chi connectivity index (χ3v) is 2.64. The predicted octanol–water partition coefficient (Wildman–Crippen LogP) is 0.666. The summed E-state index contributed by atoms with van der Waals surface area (Å²) in [7, 11) is 1.68. The fourth-order valence-corrected chi connectivity index (χ4v) is 1.68. The summed E-state index contributed by atoms with van der Waals surface area (Å²) >= 11 is 0. The molecule has 0 aliphatic carbocycles. The van der Waals surface area contributed by atoms with Crippen molar-refractivity contribution in [1.82, 2.24) is 5.32 Å². The van der Waals surface area contributed by atoms with Crippen LogP contribution >= 0.6 is 0 Å². The van der Waals surface area contributed by atoms with Crippen molar-refractivity contribution in [1.29, 1.82) is 0 Å². The van der Waals surface area contributed by atoms with Crippen molar-refractivity contribution in [3.05, 3.63) is 0 Å². The number of ether oxygens (including phenoxy) is 3. The van der Waals surface area contributed by atoms with E-state index in [1.807, 2.05) is 0 Å². The Morgan fingerprint density at radius 3 is 2.47 bits per heavy atom. The molecule has 15 heavy (non-hydrogen) atoms. The molecule has 1 aliphatic rings. The molecule has 0 aromatic rings. The molecule has 0 aromatic carbocycles. The number of rotatable bonds is 9. The molecule has 0 amide bonds. The molecule has 1 fully saturated rings. The summed E-state index contributed by atoms with van der Waals surface area (Å²) < 4.78 is 15.6. The van der Waals surface area contributed by atoms with Gasteiger partial charge in [-0.1, -0.05) is 0 Å². The fraction of sp³-hybridized carbons (Fsp3) is 1.00. The van der Waals surface area contributed by atoms with Crippen LogP contribution in [0.4, 0.5) is 0 Å². The van der Waals surface area contributed by atoms with Gasteiger partial charge >= 0.3 is 0 Å². The molecule has 1 N–H and O–H groups in total. The van der Waals surface area contributed by atoms with Crippen molar-refractivity contribution in [3.63, 3.8) is 0 Å². The first-order chi connectivity index (χ1) is 7.43. The molecule has 1 unspecified atom stereocenters. The first kappa shape index (κ1) is 12.9. The molecule has 0 bridgehead atoms. The summed E-state index contributed by atoms with van der Waals surface area (Å²) in [5.41, 5.74) is 0. The molecule has 1 atom stereocenters. The van der Waals surface area contributed by atoms with Crippen LogP contribution in [-0.2, 0) is 14.2 Å². The Labute approximate surface area is 92.3 Å². The van der Waals surface area contributed by atoms with Gasteiger partial charge in [0.05, 0.1) is 26.4 Å². The van der Waals surface area contributed by atoms with Gasteiger partial charge in [-0.2, -0.15) is 0 Å². The minimum absolute atomic E-state index is 0.659. The summed E-state index contributed by atoms with van der Waals surface area (Å²) in [6.07, 6.45) is 2.47. The van der Waals surface area contributed by atoms with Crippen molar-refractivity contribution in [2.24, 2.45) is 5.92 Å². The molecular weight excluding hydrogens is 194 g/mol. The Kier molecular flexibility index (Phi) is 7.83. The first-order valence-electron chi connectivity index (χ1n) is 5.78. The fourth-order valence-electron chi connectivity index (χ4n) is 1.68. The second kappa shape index (κ2) is 9.09. The van der Waals surface area contributed by atoms with Crippen LogP contribution in [-0.4, -0.2) is 53.2 Å². The van der Waals surface area contributed by atoms with Crippen molar-refractivity contribution in [2.75, 3.05) is 53.2 Å². The maximum atomic E-state index is 5.48. The van der Waals surface area contributed by atoms with Gasteiger partial charge in [0.15, 0.2) is 0 Å². The topological polar surface area (TPSA) is 39.7 Å². The van der Waals surface area contributed by atoms with E-state index < -0.39 is 0 Å². The van der Waals surface area contributed by atoms with E-state index in [1.165, 1.54) is 19.4 Å².